The van der Waals surface area contributed by atoms with Gasteiger partial charge in [-0.05, 0) is 48.5 Å². The third kappa shape index (κ3) is 4.32. The zero-order valence-corrected chi connectivity index (χ0v) is 13.3. The lowest BCUT2D eigenvalue weighted by molar-refractivity contribution is -0.117. The topological polar surface area (TPSA) is 61.4 Å². The van der Waals surface area contributed by atoms with E-state index < -0.39 is 6.03 Å². The summed E-state index contributed by atoms with van der Waals surface area (Å²) in [6.45, 7) is 0.789. The SMILES string of the molecule is O=C(NC[C@H]1CC(=O)N(c2ccc(F)cc2)C1)Nc1ccc(F)cc1. The molecule has 0 bridgehead atoms. The molecule has 1 atom stereocenters. The van der Waals surface area contributed by atoms with Crippen LogP contribution in [0.4, 0.5) is 25.0 Å². The molecule has 2 aromatic rings. The van der Waals surface area contributed by atoms with Crippen LogP contribution in [0, 0.1) is 17.6 Å². The van der Waals surface area contributed by atoms with Gasteiger partial charge in [-0.1, -0.05) is 0 Å². The molecule has 0 spiro atoms. The van der Waals surface area contributed by atoms with Crippen LogP contribution in [0.2, 0.25) is 0 Å². The average molecular weight is 345 g/mol. The summed E-state index contributed by atoms with van der Waals surface area (Å²) in [5.74, 6) is -0.823. The summed E-state index contributed by atoms with van der Waals surface area (Å²) in [5, 5.41) is 5.30. The molecule has 2 aromatic carbocycles. The average Bonchev–Trinajstić information content (AvgIpc) is 2.97. The van der Waals surface area contributed by atoms with Crippen LogP contribution in [0.5, 0.6) is 0 Å². The number of nitrogens with zero attached hydrogens (tertiary/aromatic N) is 1. The summed E-state index contributed by atoms with van der Waals surface area (Å²) in [4.78, 5) is 25.6. The van der Waals surface area contributed by atoms with Crippen LogP contribution in [0.25, 0.3) is 0 Å². The lowest BCUT2D eigenvalue weighted by Gasteiger charge is -2.17. The summed E-state index contributed by atoms with van der Waals surface area (Å²) in [6.07, 6.45) is 0.314. The lowest BCUT2D eigenvalue weighted by Crippen LogP contribution is -2.34. The third-order valence-corrected chi connectivity index (χ3v) is 4.00. The Labute approximate surface area is 143 Å². The van der Waals surface area contributed by atoms with Crippen LogP contribution >= 0.6 is 0 Å². The van der Waals surface area contributed by atoms with Crippen molar-refractivity contribution in [3.05, 3.63) is 60.2 Å². The number of nitrogens with one attached hydrogen (secondary N) is 2. The number of rotatable bonds is 4. The van der Waals surface area contributed by atoms with Gasteiger partial charge in [-0.3, -0.25) is 4.79 Å². The zero-order valence-electron chi connectivity index (χ0n) is 13.3. The third-order valence-electron chi connectivity index (χ3n) is 4.00. The maximum atomic E-state index is 13.0. The van der Waals surface area contributed by atoms with Crippen LogP contribution < -0.4 is 15.5 Å². The maximum absolute atomic E-state index is 13.0. The summed E-state index contributed by atoms with van der Waals surface area (Å²) in [5.41, 5.74) is 1.12. The number of hydrogen-bond acceptors (Lipinski definition) is 2. The lowest BCUT2D eigenvalue weighted by atomic mass is 10.1. The van der Waals surface area contributed by atoms with Gasteiger partial charge in [0, 0.05) is 36.8 Å². The van der Waals surface area contributed by atoms with Gasteiger partial charge in [0.15, 0.2) is 0 Å². The second-order valence-corrected chi connectivity index (χ2v) is 5.89. The number of hydrogen-bond donors (Lipinski definition) is 2. The van der Waals surface area contributed by atoms with E-state index in [1.807, 2.05) is 0 Å². The normalized spacial score (nSPS) is 16.8. The van der Waals surface area contributed by atoms with Crippen molar-refractivity contribution in [2.75, 3.05) is 23.3 Å². The van der Waals surface area contributed by atoms with Gasteiger partial charge in [-0.25, -0.2) is 13.6 Å². The fraction of sp³-hybridized carbons (Fsp3) is 0.222. The van der Waals surface area contributed by atoms with Crippen molar-refractivity contribution in [3.8, 4) is 0 Å². The molecule has 7 heteroatoms. The highest BCUT2D eigenvalue weighted by atomic mass is 19.1. The number of halogens is 2. The predicted molar refractivity (Wildman–Crippen MR) is 90.3 cm³/mol. The maximum Gasteiger partial charge on any atom is 0.319 e. The molecule has 0 aliphatic carbocycles. The molecule has 5 nitrogen and oxygen atoms in total. The molecule has 1 aliphatic heterocycles. The Balaban J connectivity index is 1.50. The Morgan fingerprint density at radius 1 is 1.04 bits per heavy atom. The number of benzene rings is 2. The fourth-order valence-electron chi connectivity index (χ4n) is 2.73. The molecule has 1 heterocycles. The van der Waals surface area contributed by atoms with E-state index in [2.05, 4.69) is 10.6 Å². The first-order chi connectivity index (χ1) is 12.0. The highest BCUT2D eigenvalue weighted by Gasteiger charge is 2.30. The van der Waals surface area contributed by atoms with Crippen LogP contribution in [0.1, 0.15) is 6.42 Å². The van der Waals surface area contributed by atoms with Crippen LogP contribution in [0.3, 0.4) is 0 Å². The van der Waals surface area contributed by atoms with Crippen LogP contribution in [0.15, 0.2) is 48.5 Å². The van der Waals surface area contributed by atoms with E-state index in [-0.39, 0.29) is 23.5 Å². The van der Waals surface area contributed by atoms with E-state index in [9.17, 15) is 18.4 Å². The molecule has 1 saturated heterocycles. The van der Waals surface area contributed by atoms with Gasteiger partial charge in [0.1, 0.15) is 11.6 Å². The van der Waals surface area contributed by atoms with Crippen molar-refractivity contribution in [2.45, 2.75) is 6.42 Å². The first-order valence-corrected chi connectivity index (χ1v) is 7.87. The summed E-state index contributed by atoms with van der Waals surface area (Å²) >= 11 is 0. The molecule has 1 fully saturated rings. The Morgan fingerprint density at radius 3 is 2.28 bits per heavy atom. The number of anilines is 2. The number of carbonyl (C=O) groups is 2. The van der Waals surface area contributed by atoms with Gasteiger partial charge in [0.05, 0.1) is 0 Å². The molecule has 1 aliphatic rings. The van der Waals surface area contributed by atoms with E-state index in [4.69, 9.17) is 0 Å². The highest BCUT2D eigenvalue weighted by Crippen LogP contribution is 2.24. The van der Waals surface area contributed by atoms with Gasteiger partial charge in [0.25, 0.3) is 0 Å². The van der Waals surface area contributed by atoms with Crippen molar-refractivity contribution in [1.29, 1.82) is 0 Å². The van der Waals surface area contributed by atoms with Crippen molar-refractivity contribution in [1.82, 2.24) is 5.32 Å². The number of carbonyl (C=O) groups excluding carboxylic acids is 2. The summed E-state index contributed by atoms with van der Waals surface area (Å²) < 4.78 is 25.8. The molecular weight excluding hydrogens is 328 g/mol. The Hall–Kier alpha value is -2.96. The van der Waals surface area contributed by atoms with E-state index in [0.29, 0.717) is 30.9 Å². The monoisotopic (exact) mass is 345 g/mol. The molecule has 3 amide bonds. The van der Waals surface area contributed by atoms with Gasteiger partial charge in [0.2, 0.25) is 5.91 Å². The second-order valence-electron chi connectivity index (χ2n) is 5.89. The second kappa shape index (κ2) is 7.29. The summed E-state index contributed by atoms with van der Waals surface area (Å²) in [7, 11) is 0. The van der Waals surface area contributed by atoms with Gasteiger partial charge >= 0.3 is 6.03 Å². The minimum Gasteiger partial charge on any atom is -0.338 e. The van der Waals surface area contributed by atoms with Crippen molar-refractivity contribution in [2.24, 2.45) is 5.92 Å². The zero-order chi connectivity index (χ0) is 17.8. The first kappa shape index (κ1) is 16.9. The quantitative estimate of drug-likeness (QED) is 0.894. The van der Waals surface area contributed by atoms with Crippen LogP contribution in [-0.2, 0) is 4.79 Å². The van der Waals surface area contributed by atoms with Crippen molar-refractivity contribution < 1.29 is 18.4 Å². The van der Waals surface area contributed by atoms with Crippen molar-refractivity contribution >= 4 is 23.3 Å². The van der Waals surface area contributed by atoms with E-state index in [0.717, 1.165) is 0 Å². The van der Waals surface area contributed by atoms with E-state index >= 15 is 0 Å². The fourth-order valence-corrected chi connectivity index (χ4v) is 2.73. The first-order valence-electron chi connectivity index (χ1n) is 7.87. The molecule has 0 saturated carbocycles. The Bertz CT molecular complexity index is 763. The standard InChI is InChI=1S/C18H17F2N3O2/c19-13-1-5-15(6-2-13)22-18(25)21-10-12-9-17(24)23(11-12)16-7-3-14(20)4-8-16/h1-8,12H,9-11H2,(H2,21,22,25)/t12-/m1/s1. The smallest absolute Gasteiger partial charge is 0.319 e. The van der Waals surface area contributed by atoms with E-state index in [1.54, 1.807) is 17.0 Å². The molecule has 0 aromatic heterocycles. The highest BCUT2D eigenvalue weighted by molar-refractivity contribution is 5.96. The molecule has 0 radical (unpaired) electrons. The molecule has 0 unspecified atom stereocenters. The Morgan fingerprint density at radius 2 is 1.64 bits per heavy atom. The van der Waals surface area contributed by atoms with Crippen LogP contribution in [-0.4, -0.2) is 25.0 Å². The molecular formula is C18H17F2N3O2. The minimum absolute atomic E-state index is 0.0310. The predicted octanol–water partition coefficient (Wildman–Crippen LogP) is 3.14. The van der Waals surface area contributed by atoms with Gasteiger partial charge < -0.3 is 15.5 Å². The largest absolute Gasteiger partial charge is 0.338 e. The van der Waals surface area contributed by atoms with Gasteiger partial charge in [-0.2, -0.15) is 0 Å². The molecule has 130 valence electrons. The molecule has 3 rings (SSSR count). The van der Waals surface area contributed by atoms with Gasteiger partial charge in [-0.15, -0.1) is 0 Å². The summed E-state index contributed by atoms with van der Waals surface area (Å²) in [6, 6.07) is 10.8. The number of amides is 3. The molecule has 25 heavy (non-hydrogen) atoms. The number of urea groups is 1. The minimum atomic E-state index is -0.417. The van der Waals surface area contributed by atoms with Crippen molar-refractivity contribution in [3.63, 3.8) is 0 Å². The van der Waals surface area contributed by atoms with E-state index in [1.165, 1.54) is 36.4 Å². The molecule has 2 N–H and O–H groups in total. The Kier molecular flexibility index (Phi) is 4.92.